The third-order valence-corrected chi connectivity index (χ3v) is 3.25. The van der Waals surface area contributed by atoms with Crippen LogP contribution in [0.1, 0.15) is 30.1 Å². The Morgan fingerprint density at radius 3 is 3.06 bits per heavy atom. The van der Waals surface area contributed by atoms with Crippen LogP contribution in [0.3, 0.4) is 0 Å². The predicted molar refractivity (Wildman–Crippen MR) is 66.6 cm³/mol. The number of nitrogens with two attached hydrogens (primary N) is 1. The second-order valence-corrected chi connectivity index (χ2v) is 4.56. The summed E-state index contributed by atoms with van der Waals surface area (Å²) in [4.78, 5) is 0. The van der Waals surface area contributed by atoms with Crippen LogP contribution in [0.4, 0.5) is 5.69 Å². The van der Waals surface area contributed by atoms with Crippen LogP contribution >= 0.6 is 0 Å². The van der Waals surface area contributed by atoms with Crippen molar-refractivity contribution in [2.24, 2.45) is 0 Å². The summed E-state index contributed by atoms with van der Waals surface area (Å²) in [5.74, 6) is 2.19. The number of nitrogen functional groups attached to an aromatic ring is 1. The molecule has 3 rings (SSSR count). The summed E-state index contributed by atoms with van der Waals surface area (Å²) in [6.07, 6.45) is 4.34. The highest BCUT2D eigenvalue weighted by Crippen LogP contribution is 2.17. The van der Waals surface area contributed by atoms with E-state index in [4.69, 9.17) is 5.73 Å². The molecule has 0 unspecified atom stereocenters. The number of rotatable bonds is 2. The van der Waals surface area contributed by atoms with Crippen molar-refractivity contribution in [3.05, 3.63) is 41.5 Å². The number of aryl methyl sites for hydroxylation is 1. The molecule has 0 aliphatic carbocycles. The number of aromatic nitrogens is 3. The van der Waals surface area contributed by atoms with Gasteiger partial charge >= 0.3 is 0 Å². The highest BCUT2D eigenvalue weighted by Gasteiger charge is 2.15. The van der Waals surface area contributed by atoms with E-state index in [2.05, 4.69) is 20.8 Å². The van der Waals surface area contributed by atoms with E-state index in [1.54, 1.807) is 0 Å². The third-order valence-electron chi connectivity index (χ3n) is 3.25. The molecule has 2 N–H and O–H groups in total. The number of hydrogen-bond acceptors (Lipinski definition) is 3. The van der Waals surface area contributed by atoms with Crippen molar-refractivity contribution in [3.63, 3.8) is 0 Å². The van der Waals surface area contributed by atoms with E-state index >= 15 is 0 Å². The Kier molecular flexibility index (Phi) is 2.55. The van der Waals surface area contributed by atoms with E-state index < -0.39 is 0 Å². The summed E-state index contributed by atoms with van der Waals surface area (Å²) in [5, 5.41) is 8.55. The Labute approximate surface area is 100 Å². The molecular formula is C13H16N4. The van der Waals surface area contributed by atoms with E-state index in [0.717, 1.165) is 36.7 Å². The lowest BCUT2D eigenvalue weighted by Crippen LogP contribution is -2.13. The molecule has 1 aliphatic heterocycles. The third kappa shape index (κ3) is 2.02. The molecule has 1 aromatic heterocycles. The van der Waals surface area contributed by atoms with Gasteiger partial charge in [0.2, 0.25) is 0 Å². The predicted octanol–water partition coefficient (Wildman–Crippen LogP) is 1.79. The normalized spacial score (nSPS) is 14.6. The Morgan fingerprint density at radius 1 is 1.24 bits per heavy atom. The summed E-state index contributed by atoms with van der Waals surface area (Å²) >= 11 is 0. The van der Waals surface area contributed by atoms with Gasteiger partial charge in [0, 0.05) is 25.1 Å². The molecule has 0 amide bonds. The summed E-state index contributed by atoms with van der Waals surface area (Å²) < 4.78 is 2.26. The Hall–Kier alpha value is -1.84. The van der Waals surface area contributed by atoms with E-state index in [1.807, 2.05) is 18.2 Å². The molecule has 2 aromatic rings. The molecule has 0 bridgehead atoms. The smallest absolute Gasteiger partial charge is 0.137 e. The molecule has 0 saturated carbocycles. The zero-order valence-corrected chi connectivity index (χ0v) is 9.76. The molecule has 4 heteroatoms. The van der Waals surface area contributed by atoms with Crippen molar-refractivity contribution in [2.45, 2.75) is 32.2 Å². The maximum absolute atomic E-state index is 5.78. The van der Waals surface area contributed by atoms with Crippen molar-refractivity contribution in [2.75, 3.05) is 5.73 Å². The number of nitrogens with zero attached hydrogens (tertiary/aromatic N) is 3. The molecule has 0 fully saturated rings. The van der Waals surface area contributed by atoms with Gasteiger partial charge in [0.05, 0.1) is 0 Å². The lowest BCUT2D eigenvalue weighted by molar-refractivity contribution is 0.510. The molecule has 0 radical (unpaired) electrons. The number of fused-ring (bicyclic) bond motifs is 1. The van der Waals surface area contributed by atoms with Gasteiger partial charge in [-0.05, 0) is 30.5 Å². The molecular weight excluding hydrogens is 212 g/mol. The Morgan fingerprint density at radius 2 is 2.18 bits per heavy atom. The van der Waals surface area contributed by atoms with Crippen LogP contribution in [0.2, 0.25) is 0 Å². The fourth-order valence-electron chi connectivity index (χ4n) is 2.38. The summed E-state index contributed by atoms with van der Waals surface area (Å²) in [6, 6.07) is 7.98. The van der Waals surface area contributed by atoms with Gasteiger partial charge in [-0.25, -0.2) is 0 Å². The number of benzene rings is 1. The zero-order chi connectivity index (χ0) is 11.7. The lowest BCUT2D eigenvalue weighted by atomic mass is 10.1. The fraction of sp³-hybridized carbons (Fsp3) is 0.385. The molecule has 0 atom stereocenters. The van der Waals surface area contributed by atoms with Crippen LogP contribution in [-0.4, -0.2) is 14.8 Å². The van der Waals surface area contributed by atoms with E-state index in [1.165, 1.54) is 18.4 Å². The second kappa shape index (κ2) is 4.20. The fourth-order valence-corrected chi connectivity index (χ4v) is 2.38. The van der Waals surface area contributed by atoms with Crippen molar-refractivity contribution >= 4 is 5.69 Å². The standard InChI is InChI=1S/C13H16N4/c14-11-5-3-4-10(8-11)9-13-16-15-12-6-1-2-7-17(12)13/h3-5,8H,1-2,6-7,9,14H2. The molecule has 0 saturated heterocycles. The summed E-state index contributed by atoms with van der Waals surface area (Å²) in [5.41, 5.74) is 7.79. The molecule has 88 valence electrons. The first-order chi connectivity index (χ1) is 8.33. The van der Waals surface area contributed by atoms with Gasteiger partial charge in [-0.1, -0.05) is 12.1 Å². The van der Waals surface area contributed by atoms with Gasteiger partial charge in [0.15, 0.2) is 0 Å². The molecule has 17 heavy (non-hydrogen) atoms. The maximum Gasteiger partial charge on any atom is 0.137 e. The van der Waals surface area contributed by atoms with Gasteiger partial charge in [0.1, 0.15) is 11.6 Å². The van der Waals surface area contributed by atoms with Gasteiger partial charge in [-0.2, -0.15) is 0 Å². The summed E-state index contributed by atoms with van der Waals surface area (Å²) in [6.45, 7) is 1.06. The van der Waals surface area contributed by atoms with Crippen LogP contribution in [0.5, 0.6) is 0 Å². The largest absolute Gasteiger partial charge is 0.399 e. The van der Waals surface area contributed by atoms with E-state index in [-0.39, 0.29) is 0 Å². The van der Waals surface area contributed by atoms with Crippen LogP contribution in [0.25, 0.3) is 0 Å². The first-order valence-corrected chi connectivity index (χ1v) is 6.08. The zero-order valence-electron chi connectivity index (χ0n) is 9.76. The van der Waals surface area contributed by atoms with Gasteiger partial charge in [-0.3, -0.25) is 0 Å². The first-order valence-electron chi connectivity index (χ1n) is 6.08. The van der Waals surface area contributed by atoms with Gasteiger partial charge in [0.25, 0.3) is 0 Å². The molecule has 1 aliphatic rings. The van der Waals surface area contributed by atoms with E-state index in [9.17, 15) is 0 Å². The topological polar surface area (TPSA) is 56.7 Å². The quantitative estimate of drug-likeness (QED) is 0.797. The minimum atomic E-state index is 0.806. The maximum atomic E-state index is 5.78. The Balaban J connectivity index is 1.88. The van der Waals surface area contributed by atoms with Crippen molar-refractivity contribution in [1.29, 1.82) is 0 Å². The highest BCUT2D eigenvalue weighted by molar-refractivity contribution is 5.41. The second-order valence-electron chi connectivity index (χ2n) is 4.56. The first kappa shape index (κ1) is 10.3. The van der Waals surface area contributed by atoms with Crippen molar-refractivity contribution in [3.8, 4) is 0 Å². The number of hydrogen-bond donors (Lipinski definition) is 1. The molecule has 2 heterocycles. The molecule has 4 nitrogen and oxygen atoms in total. The van der Waals surface area contributed by atoms with Crippen molar-refractivity contribution in [1.82, 2.24) is 14.8 Å². The number of anilines is 1. The lowest BCUT2D eigenvalue weighted by Gasteiger charge is -2.14. The van der Waals surface area contributed by atoms with E-state index in [0.29, 0.717) is 0 Å². The Bertz CT molecular complexity index is 530. The minimum Gasteiger partial charge on any atom is -0.399 e. The highest BCUT2D eigenvalue weighted by atomic mass is 15.3. The summed E-state index contributed by atoms with van der Waals surface area (Å²) in [7, 11) is 0. The SMILES string of the molecule is Nc1cccc(Cc2nnc3n2CCCC3)c1. The van der Waals surface area contributed by atoms with Crippen LogP contribution in [0, 0.1) is 0 Å². The molecule has 0 spiro atoms. The van der Waals surface area contributed by atoms with Gasteiger partial charge < -0.3 is 10.3 Å². The monoisotopic (exact) mass is 228 g/mol. The van der Waals surface area contributed by atoms with Crippen molar-refractivity contribution < 1.29 is 0 Å². The van der Waals surface area contributed by atoms with Gasteiger partial charge in [-0.15, -0.1) is 10.2 Å². The minimum absolute atomic E-state index is 0.806. The molecule has 1 aromatic carbocycles. The average Bonchev–Trinajstić information content (AvgIpc) is 2.73. The van der Waals surface area contributed by atoms with Crippen LogP contribution in [-0.2, 0) is 19.4 Å². The van der Waals surface area contributed by atoms with Crippen LogP contribution < -0.4 is 5.73 Å². The van der Waals surface area contributed by atoms with Crippen LogP contribution in [0.15, 0.2) is 24.3 Å². The average molecular weight is 228 g/mol.